The molecule has 1 rings (SSSR count). The van der Waals surface area contributed by atoms with E-state index in [4.69, 9.17) is 14.2 Å². The Morgan fingerprint density at radius 3 is 2.06 bits per heavy atom. The molecule has 9 heteroatoms. The fourth-order valence-corrected chi connectivity index (χ4v) is 3.25. The summed E-state index contributed by atoms with van der Waals surface area (Å²) >= 11 is 0. The van der Waals surface area contributed by atoms with E-state index in [2.05, 4.69) is 5.32 Å². The maximum Gasteiger partial charge on any atom is 0.407 e. The molecule has 3 N–H and O–H groups in total. The molecule has 1 atom stereocenters. The lowest BCUT2D eigenvalue weighted by atomic mass is 9.93. The minimum absolute atomic E-state index is 0.00683. The van der Waals surface area contributed by atoms with Gasteiger partial charge in [0.2, 0.25) is 0 Å². The summed E-state index contributed by atoms with van der Waals surface area (Å²) in [6.45, 7) is 11.3. The predicted octanol–water partition coefficient (Wildman–Crippen LogP) is 2.83. The van der Waals surface area contributed by atoms with Gasteiger partial charge in [-0.25, -0.2) is 4.79 Å². The molecule has 0 radical (unpaired) electrons. The summed E-state index contributed by atoms with van der Waals surface area (Å²) in [4.78, 5) is 26.7. The average Bonchev–Trinajstić information content (AvgIpc) is 2.67. The van der Waals surface area contributed by atoms with Gasteiger partial charge in [0.1, 0.15) is 17.0 Å². The Morgan fingerprint density at radius 2 is 1.58 bits per heavy atom. The van der Waals surface area contributed by atoms with E-state index in [1.807, 2.05) is 17.0 Å². The van der Waals surface area contributed by atoms with E-state index in [0.29, 0.717) is 24.4 Å². The summed E-state index contributed by atoms with van der Waals surface area (Å²) in [6, 6.07) is 5.43. The van der Waals surface area contributed by atoms with Crippen LogP contribution in [0.25, 0.3) is 0 Å². The Bertz CT molecular complexity index is 763. The van der Waals surface area contributed by atoms with E-state index >= 15 is 0 Å². The molecule has 188 valence electrons. The molecular weight excluding hydrogens is 428 g/mol. The lowest BCUT2D eigenvalue weighted by Crippen LogP contribution is -2.36. The minimum atomic E-state index is -0.655. The molecule has 1 amide bonds. The normalized spacial score (nSPS) is 12.6. The van der Waals surface area contributed by atoms with Crippen molar-refractivity contribution in [2.45, 2.75) is 65.1 Å². The molecule has 0 spiro atoms. The van der Waals surface area contributed by atoms with Crippen LogP contribution in [0, 0.1) is 0 Å². The molecule has 0 bridgehead atoms. The van der Waals surface area contributed by atoms with E-state index in [1.165, 1.54) is 7.11 Å². The molecular formula is C24H40N2O7. The summed E-state index contributed by atoms with van der Waals surface area (Å²) in [5.41, 5.74) is 0.140. The van der Waals surface area contributed by atoms with Gasteiger partial charge in [-0.15, -0.1) is 0 Å². The topological polar surface area (TPSA) is 118 Å². The van der Waals surface area contributed by atoms with Crippen LogP contribution in [-0.2, 0) is 14.3 Å². The molecule has 0 fully saturated rings. The van der Waals surface area contributed by atoms with Gasteiger partial charge in [0.15, 0.2) is 0 Å². The second kappa shape index (κ2) is 12.6. The molecule has 0 aromatic heterocycles. The highest BCUT2D eigenvalue weighted by Gasteiger charge is 2.26. The Morgan fingerprint density at radius 1 is 1.00 bits per heavy atom. The maximum absolute atomic E-state index is 12.7. The number of carbonyl (C=O) groups is 2. The highest BCUT2D eigenvalue weighted by molar-refractivity contribution is 5.72. The largest absolute Gasteiger partial charge is 0.496 e. The Balaban J connectivity index is 3.28. The van der Waals surface area contributed by atoms with Crippen molar-refractivity contribution in [3.8, 4) is 5.75 Å². The Hall–Kier alpha value is -2.52. The molecule has 0 aliphatic rings. The molecule has 1 aromatic rings. The number of ether oxygens (including phenoxy) is 3. The first kappa shape index (κ1) is 28.5. The van der Waals surface area contributed by atoms with Gasteiger partial charge in [-0.3, -0.25) is 4.79 Å². The second-order valence-electron chi connectivity index (χ2n) is 9.73. The monoisotopic (exact) mass is 468 g/mol. The zero-order valence-electron chi connectivity index (χ0n) is 20.9. The van der Waals surface area contributed by atoms with Crippen LogP contribution < -0.4 is 15.0 Å². The second-order valence-corrected chi connectivity index (χ2v) is 9.73. The molecule has 1 aromatic carbocycles. The minimum Gasteiger partial charge on any atom is -0.496 e. The van der Waals surface area contributed by atoms with Crippen LogP contribution in [0.4, 0.5) is 10.5 Å². The first-order valence-electron chi connectivity index (χ1n) is 11.1. The third-order valence-electron chi connectivity index (χ3n) is 4.48. The number of nitrogens with zero attached hydrogens (tertiary/aromatic N) is 1. The number of aliphatic hydroxyl groups is 2. The van der Waals surface area contributed by atoms with E-state index in [-0.39, 0.29) is 26.2 Å². The number of anilines is 1. The van der Waals surface area contributed by atoms with Crippen LogP contribution in [0.2, 0.25) is 0 Å². The zero-order valence-corrected chi connectivity index (χ0v) is 20.9. The lowest BCUT2D eigenvalue weighted by molar-refractivity contribution is -0.155. The summed E-state index contributed by atoms with van der Waals surface area (Å²) in [5.74, 6) is -0.327. The number of nitrogens with one attached hydrogen (secondary N) is 1. The summed E-state index contributed by atoms with van der Waals surface area (Å²) < 4.78 is 16.4. The van der Waals surface area contributed by atoms with Crippen molar-refractivity contribution in [2.75, 3.05) is 44.9 Å². The van der Waals surface area contributed by atoms with E-state index in [1.54, 1.807) is 47.6 Å². The van der Waals surface area contributed by atoms with Crippen molar-refractivity contribution < 1.29 is 34.0 Å². The number of hydrogen-bond donors (Lipinski definition) is 3. The molecule has 0 heterocycles. The van der Waals surface area contributed by atoms with Gasteiger partial charge >= 0.3 is 12.1 Å². The van der Waals surface area contributed by atoms with Crippen molar-refractivity contribution in [3.63, 3.8) is 0 Å². The fourth-order valence-electron chi connectivity index (χ4n) is 3.25. The number of methoxy groups -OCH3 is 1. The molecule has 0 aliphatic carbocycles. The highest BCUT2D eigenvalue weighted by Crippen LogP contribution is 2.33. The Labute approximate surface area is 197 Å². The molecule has 0 saturated carbocycles. The van der Waals surface area contributed by atoms with Crippen LogP contribution >= 0.6 is 0 Å². The average molecular weight is 469 g/mol. The van der Waals surface area contributed by atoms with E-state index < -0.39 is 29.2 Å². The highest BCUT2D eigenvalue weighted by atomic mass is 16.6. The van der Waals surface area contributed by atoms with E-state index in [0.717, 1.165) is 5.69 Å². The number of aliphatic hydroxyl groups excluding tert-OH is 2. The first-order valence-corrected chi connectivity index (χ1v) is 11.1. The van der Waals surface area contributed by atoms with Crippen molar-refractivity contribution in [1.82, 2.24) is 5.32 Å². The van der Waals surface area contributed by atoms with Gasteiger partial charge in [-0.2, -0.15) is 0 Å². The fraction of sp³-hybridized carbons (Fsp3) is 0.667. The summed E-state index contributed by atoms with van der Waals surface area (Å²) in [5, 5.41) is 21.5. The molecule has 1 unspecified atom stereocenters. The summed E-state index contributed by atoms with van der Waals surface area (Å²) in [7, 11) is 1.53. The number of rotatable bonds is 11. The number of esters is 1. The van der Waals surface area contributed by atoms with Crippen molar-refractivity contribution >= 4 is 17.7 Å². The SMILES string of the molecule is COc1ccc(N(CCO)CCO)cc1C(CNC(=O)OC(C)(C)C)CC(=O)OC(C)(C)C. The zero-order chi connectivity index (χ0) is 25.2. The predicted molar refractivity (Wildman–Crippen MR) is 127 cm³/mol. The number of carbonyl (C=O) groups excluding carboxylic acids is 2. The molecule has 33 heavy (non-hydrogen) atoms. The van der Waals surface area contributed by atoms with Crippen LogP contribution in [0.1, 0.15) is 59.4 Å². The van der Waals surface area contributed by atoms with Crippen LogP contribution in [-0.4, -0.2) is 73.4 Å². The van der Waals surface area contributed by atoms with Gasteiger partial charge in [0.05, 0.1) is 26.7 Å². The third kappa shape index (κ3) is 10.8. The van der Waals surface area contributed by atoms with Gasteiger partial charge in [0, 0.05) is 36.8 Å². The number of hydrogen-bond acceptors (Lipinski definition) is 8. The van der Waals surface area contributed by atoms with Crippen LogP contribution in [0.3, 0.4) is 0 Å². The maximum atomic E-state index is 12.7. The van der Waals surface area contributed by atoms with E-state index in [9.17, 15) is 19.8 Å². The van der Waals surface area contributed by atoms with Crippen LogP contribution in [0.15, 0.2) is 18.2 Å². The number of benzene rings is 1. The lowest BCUT2D eigenvalue weighted by Gasteiger charge is -2.27. The number of amides is 1. The molecule has 0 aliphatic heterocycles. The van der Waals surface area contributed by atoms with Gasteiger partial charge in [-0.05, 0) is 59.7 Å². The Kier molecular flexibility index (Phi) is 10.9. The van der Waals surface area contributed by atoms with Crippen molar-refractivity contribution in [3.05, 3.63) is 23.8 Å². The molecule has 0 saturated heterocycles. The standard InChI is InChI=1S/C24H40N2O7/c1-23(2,3)32-21(29)14-17(16-25-22(30)33-24(4,5)6)19-15-18(8-9-20(19)31-7)26(10-12-27)11-13-28/h8-9,15,17,27-28H,10-14,16H2,1-7H3,(H,25,30). The quantitative estimate of drug-likeness (QED) is 0.425. The van der Waals surface area contributed by atoms with Crippen molar-refractivity contribution in [2.24, 2.45) is 0 Å². The van der Waals surface area contributed by atoms with Gasteiger partial charge < -0.3 is 34.6 Å². The molecule has 9 nitrogen and oxygen atoms in total. The number of alkyl carbamates (subject to hydrolysis) is 1. The van der Waals surface area contributed by atoms with Gasteiger partial charge in [-0.1, -0.05) is 0 Å². The summed E-state index contributed by atoms with van der Waals surface area (Å²) in [6.07, 6.45) is -0.582. The smallest absolute Gasteiger partial charge is 0.407 e. The van der Waals surface area contributed by atoms with Gasteiger partial charge in [0.25, 0.3) is 0 Å². The first-order chi connectivity index (χ1) is 15.3. The third-order valence-corrected chi connectivity index (χ3v) is 4.48. The van der Waals surface area contributed by atoms with Crippen molar-refractivity contribution in [1.29, 1.82) is 0 Å². The van der Waals surface area contributed by atoms with Crippen LogP contribution in [0.5, 0.6) is 5.75 Å².